The average Bonchev–Trinajstić information content (AvgIpc) is 2.57. The second kappa shape index (κ2) is 5.07. The third kappa shape index (κ3) is 2.78. The summed E-state index contributed by atoms with van der Waals surface area (Å²) in [5.74, 6) is -0.273. The van der Waals surface area contributed by atoms with Crippen LogP contribution in [0.3, 0.4) is 0 Å². The fourth-order valence-corrected chi connectivity index (χ4v) is 1.96. The quantitative estimate of drug-likeness (QED) is 0.788. The molecule has 4 nitrogen and oxygen atoms in total. The van der Waals surface area contributed by atoms with Crippen LogP contribution in [0.4, 0.5) is 0 Å². The first-order valence-electron chi connectivity index (χ1n) is 4.51. The Labute approximate surface area is 87.7 Å². The predicted molar refractivity (Wildman–Crippen MR) is 56.9 cm³/mol. The third-order valence-electron chi connectivity index (χ3n) is 2.14. The van der Waals surface area contributed by atoms with E-state index in [1.165, 1.54) is 0 Å². The van der Waals surface area contributed by atoms with E-state index in [4.69, 9.17) is 5.73 Å². The maximum Gasteiger partial charge on any atom is 0.234 e. The molecule has 0 spiro atoms. The summed E-state index contributed by atoms with van der Waals surface area (Å²) >= 11 is 1.56. The number of aromatic nitrogens is 1. The van der Waals surface area contributed by atoms with E-state index in [2.05, 4.69) is 4.98 Å². The lowest BCUT2D eigenvalue weighted by atomic mass is 10.2. The van der Waals surface area contributed by atoms with Crippen LogP contribution in [-0.4, -0.2) is 28.9 Å². The Morgan fingerprint density at radius 1 is 1.79 bits per heavy atom. The molecule has 0 bridgehead atoms. The molecule has 1 heterocycles. The molecule has 0 aliphatic heterocycles. The molecule has 0 saturated heterocycles. The Hall–Kier alpha value is -0.940. The number of hydrogen-bond acceptors (Lipinski definition) is 4. The van der Waals surface area contributed by atoms with Crippen LogP contribution in [-0.2, 0) is 11.3 Å². The summed E-state index contributed by atoms with van der Waals surface area (Å²) in [5, 5.41) is 1.98. The van der Waals surface area contributed by atoms with Gasteiger partial charge in [0, 0.05) is 11.9 Å². The molecule has 0 fully saturated rings. The molecule has 0 radical (unpaired) electrons. The van der Waals surface area contributed by atoms with Crippen LogP contribution in [0.2, 0.25) is 0 Å². The second-order valence-electron chi connectivity index (χ2n) is 3.22. The Kier molecular flexibility index (Phi) is 4.03. The first kappa shape index (κ1) is 11.1. The Bertz CT molecular complexity index is 286. The minimum absolute atomic E-state index is 0.198. The van der Waals surface area contributed by atoms with E-state index in [1.54, 1.807) is 16.8 Å². The number of rotatable bonds is 5. The lowest BCUT2D eigenvalue weighted by Crippen LogP contribution is -2.41. The van der Waals surface area contributed by atoms with Gasteiger partial charge in [-0.2, -0.15) is 0 Å². The normalized spacial score (nSPS) is 13.1. The van der Waals surface area contributed by atoms with Crippen molar-refractivity contribution in [1.82, 2.24) is 9.88 Å². The summed E-state index contributed by atoms with van der Waals surface area (Å²) in [7, 11) is 1.89. The number of carbonyl (C=O) groups excluding carboxylic acids is 1. The highest BCUT2D eigenvalue weighted by molar-refractivity contribution is 7.07. The smallest absolute Gasteiger partial charge is 0.234 e. The molecule has 1 aromatic heterocycles. The summed E-state index contributed by atoms with van der Waals surface area (Å²) < 4.78 is 0. The van der Waals surface area contributed by atoms with Gasteiger partial charge in [-0.15, -0.1) is 11.3 Å². The van der Waals surface area contributed by atoms with Gasteiger partial charge in [-0.05, 0) is 13.5 Å². The zero-order valence-corrected chi connectivity index (χ0v) is 9.25. The van der Waals surface area contributed by atoms with Crippen molar-refractivity contribution in [2.24, 2.45) is 5.73 Å². The summed E-state index contributed by atoms with van der Waals surface area (Å²) in [6.45, 7) is 2.62. The van der Waals surface area contributed by atoms with Gasteiger partial charge in [0.05, 0.1) is 17.2 Å². The van der Waals surface area contributed by atoms with E-state index >= 15 is 0 Å². The van der Waals surface area contributed by atoms with Gasteiger partial charge in [0.15, 0.2) is 0 Å². The van der Waals surface area contributed by atoms with Crippen LogP contribution in [0.15, 0.2) is 10.9 Å². The lowest BCUT2D eigenvalue weighted by molar-refractivity contribution is -0.123. The number of thiazole rings is 1. The SMILES string of the molecule is CCC(C(N)=O)N(C)Cc1cscn1. The Morgan fingerprint density at radius 3 is 2.93 bits per heavy atom. The molecule has 0 saturated carbocycles. The molecular formula is C9H15N3OS. The summed E-state index contributed by atoms with van der Waals surface area (Å²) in [5.41, 5.74) is 8.05. The highest BCUT2D eigenvalue weighted by Gasteiger charge is 2.18. The summed E-state index contributed by atoms with van der Waals surface area (Å²) in [6.07, 6.45) is 0.732. The number of likely N-dealkylation sites (N-methyl/N-ethyl adjacent to an activating group) is 1. The van der Waals surface area contributed by atoms with Crippen molar-refractivity contribution >= 4 is 17.2 Å². The number of nitrogens with two attached hydrogens (primary N) is 1. The Morgan fingerprint density at radius 2 is 2.50 bits per heavy atom. The minimum Gasteiger partial charge on any atom is -0.368 e. The minimum atomic E-state index is -0.273. The highest BCUT2D eigenvalue weighted by atomic mass is 32.1. The van der Waals surface area contributed by atoms with Crippen molar-refractivity contribution in [1.29, 1.82) is 0 Å². The summed E-state index contributed by atoms with van der Waals surface area (Å²) in [4.78, 5) is 17.1. The monoisotopic (exact) mass is 213 g/mol. The van der Waals surface area contributed by atoms with Crippen LogP contribution in [0.25, 0.3) is 0 Å². The van der Waals surface area contributed by atoms with Crippen LogP contribution in [0, 0.1) is 0 Å². The van der Waals surface area contributed by atoms with Gasteiger partial charge in [-0.1, -0.05) is 6.92 Å². The molecular weight excluding hydrogens is 198 g/mol. The van der Waals surface area contributed by atoms with Crippen LogP contribution in [0.5, 0.6) is 0 Å². The number of nitrogens with zero attached hydrogens (tertiary/aromatic N) is 2. The highest BCUT2D eigenvalue weighted by Crippen LogP contribution is 2.08. The fourth-order valence-electron chi connectivity index (χ4n) is 1.41. The summed E-state index contributed by atoms with van der Waals surface area (Å²) in [6, 6.07) is -0.198. The van der Waals surface area contributed by atoms with E-state index < -0.39 is 0 Å². The zero-order chi connectivity index (χ0) is 10.6. The van der Waals surface area contributed by atoms with E-state index in [1.807, 2.05) is 24.3 Å². The molecule has 2 N–H and O–H groups in total. The fraction of sp³-hybridized carbons (Fsp3) is 0.556. The van der Waals surface area contributed by atoms with E-state index in [0.717, 1.165) is 12.1 Å². The topological polar surface area (TPSA) is 59.2 Å². The van der Waals surface area contributed by atoms with Crippen LogP contribution in [0.1, 0.15) is 19.0 Å². The van der Waals surface area contributed by atoms with Crippen molar-refractivity contribution in [2.75, 3.05) is 7.05 Å². The maximum absolute atomic E-state index is 11.1. The first-order valence-corrected chi connectivity index (χ1v) is 5.46. The van der Waals surface area contributed by atoms with Gasteiger partial charge in [0.2, 0.25) is 5.91 Å². The number of amides is 1. The number of hydrogen-bond donors (Lipinski definition) is 1. The average molecular weight is 213 g/mol. The predicted octanol–water partition coefficient (Wildman–Crippen LogP) is 0.839. The molecule has 0 aliphatic rings. The molecule has 14 heavy (non-hydrogen) atoms. The van der Waals surface area contributed by atoms with Crippen LogP contribution < -0.4 is 5.73 Å². The molecule has 1 rings (SSSR count). The van der Waals surface area contributed by atoms with Crippen molar-refractivity contribution in [3.8, 4) is 0 Å². The van der Waals surface area contributed by atoms with Gasteiger partial charge in [-0.3, -0.25) is 9.69 Å². The molecule has 1 aromatic rings. The molecule has 5 heteroatoms. The number of primary amides is 1. The van der Waals surface area contributed by atoms with Crippen molar-refractivity contribution in [3.05, 3.63) is 16.6 Å². The van der Waals surface area contributed by atoms with E-state index in [-0.39, 0.29) is 11.9 Å². The van der Waals surface area contributed by atoms with Crippen molar-refractivity contribution in [2.45, 2.75) is 25.9 Å². The van der Waals surface area contributed by atoms with Gasteiger partial charge in [0.25, 0.3) is 0 Å². The third-order valence-corrected chi connectivity index (χ3v) is 2.78. The first-order chi connectivity index (χ1) is 6.65. The molecule has 0 aromatic carbocycles. The standard InChI is InChI=1S/C9H15N3OS/c1-3-8(9(10)13)12(2)4-7-5-14-6-11-7/h5-6,8H,3-4H2,1-2H3,(H2,10,13). The molecule has 1 atom stereocenters. The van der Waals surface area contributed by atoms with Gasteiger partial charge in [0.1, 0.15) is 0 Å². The lowest BCUT2D eigenvalue weighted by Gasteiger charge is -2.23. The Balaban J connectivity index is 2.56. The molecule has 1 unspecified atom stereocenters. The molecule has 78 valence electrons. The molecule has 0 aliphatic carbocycles. The largest absolute Gasteiger partial charge is 0.368 e. The van der Waals surface area contributed by atoms with Crippen LogP contribution >= 0.6 is 11.3 Å². The van der Waals surface area contributed by atoms with Gasteiger partial charge in [-0.25, -0.2) is 4.98 Å². The number of carbonyl (C=O) groups is 1. The van der Waals surface area contributed by atoms with Gasteiger partial charge < -0.3 is 5.73 Å². The van der Waals surface area contributed by atoms with Crippen molar-refractivity contribution in [3.63, 3.8) is 0 Å². The van der Waals surface area contributed by atoms with Crippen molar-refractivity contribution < 1.29 is 4.79 Å². The van der Waals surface area contributed by atoms with Gasteiger partial charge >= 0.3 is 0 Å². The maximum atomic E-state index is 11.1. The van der Waals surface area contributed by atoms with E-state index in [0.29, 0.717) is 6.54 Å². The second-order valence-corrected chi connectivity index (χ2v) is 3.94. The zero-order valence-electron chi connectivity index (χ0n) is 8.43. The van der Waals surface area contributed by atoms with E-state index in [9.17, 15) is 4.79 Å². The molecule has 1 amide bonds.